The van der Waals surface area contributed by atoms with Crippen molar-refractivity contribution < 1.29 is 18.0 Å². The summed E-state index contributed by atoms with van der Waals surface area (Å²) >= 11 is 0. The van der Waals surface area contributed by atoms with Crippen LogP contribution in [-0.4, -0.2) is 25.7 Å². The van der Waals surface area contributed by atoms with E-state index in [9.17, 15) is 18.0 Å². The topological polar surface area (TPSA) is 57.1 Å². The lowest BCUT2D eigenvalue weighted by Crippen LogP contribution is -2.19. The summed E-state index contributed by atoms with van der Waals surface area (Å²) in [4.78, 5) is 13.4. The zero-order chi connectivity index (χ0) is 18.7. The number of hydrogen-bond acceptors (Lipinski definition) is 4. The monoisotopic (exact) mass is 352 g/mol. The summed E-state index contributed by atoms with van der Waals surface area (Å²) in [5.74, 6) is 2.11. The van der Waals surface area contributed by atoms with Crippen molar-refractivity contribution in [3.05, 3.63) is 23.8 Å². The van der Waals surface area contributed by atoms with E-state index in [1.165, 1.54) is 31.1 Å². The van der Waals surface area contributed by atoms with Crippen molar-refractivity contribution in [2.24, 2.45) is 10.2 Å². The molecule has 1 aliphatic rings. The molecule has 25 heavy (non-hydrogen) atoms. The number of anilines is 2. The quantitative estimate of drug-likeness (QED) is 0.752. The van der Waals surface area contributed by atoms with Crippen LogP contribution in [0.3, 0.4) is 0 Å². The molecular weight excluding hydrogens is 333 g/mol. The minimum Gasteiger partial charge on any atom is -0.377 e. The maximum absolute atomic E-state index is 13.2. The highest BCUT2D eigenvalue weighted by molar-refractivity contribution is 5.91. The van der Waals surface area contributed by atoms with Crippen LogP contribution in [0.1, 0.15) is 31.2 Å². The fraction of sp³-hybridized carbons (Fsp3) is 0.471. The molecule has 0 saturated heterocycles. The van der Waals surface area contributed by atoms with Gasteiger partial charge in [0.15, 0.2) is 5.66 Å². The molecule has 134 valence electrons. The largest absolute Gasteiger partial charge is 0.418 e. The summed E-state index contributed by atoms with van der Waals surface area (Å²) in [5, 5.41) is 10.3. The third-order valence-electron chi connectivity index (χ3n) is 3.87. The van der Waals surface area contributed by atoms with E-state index in [0.29, 0.717) is 19.3 Å². The third kappa shape index (κ3) is 4.95. The molecule has 5 nitrogen and oxygen atoms in total. The number of carbonyl (C=O) groups is 1. The summed E-state index contributed by atoms with van der Waals surface area (Å²) in [6.45, 7) is 0. The van der Waals surface area contributed by atoms with Gasteiger partial charge in [0.1, 0.15) is 0 Å². The van der Waals surface area contributed by atoms with Gasteiger partial charge in [0.2, 0.25) is 5.91 Å². The number of rotatable bonds is 7. The number of hydrogen-bond donors (Lipinski definition) is 1. The number of terminal acetylenes is 1. The maximum Gasteiger partial charge on any atom is 0.418 e. The average molecular weight is 352 g/mol. The number of nitrogens with one attached hydrogen (secondary N) is 1. The number of carbonyl (C=O) groups excluding carboxylic acids is 1. The molecule has 0 spiro atoms. The molecule has 0 bridgehead atoms. The van der Waals surface area contributed by atoms with Crippen LogP contribution in [0.15, 0.2) is 28.4 Å². The second-order valence-electron chi connectivity index (χ2n) is 6.06. The van der Waals surface area contributed by atoms with E-state index in [-0.39, 0.29) is 23.7 Å². The molecule has 1 aromatic rings. The van der Waals surface area contributed by atoms with Crippen molar-refractivity contribution in [1.29, 1.82) is 0 Å². The molecule has 0 aliphatic carbocycles. The van der Waals surface area contributed by atoms with Crippen LogP contribution in [0, 0.1) is 12.3 Å². The van der Waals surface area contributed by atoms with Crippen LogP contribution in [0.5, 0.6) is 0 Å². The van der Waals surface area contributed by atoms with E-state index >= 15 is 0 Å². The lowest BCUT2D eigenvalue weighted by molar-refractivity contribution is -0.137. The highest BCUT2D eigenvalue weighted by Crippen LogP contribution is 2.39. The lowest BCUT2D eigenvalue weighted by atomic mass is 10.0. The minimum absolute atomic E-state index is 0.0364. The van der Waals surface area contributed by atoms with Crippen molar-refractivity contribution in [2.75, 3.05) is 24.3 Å². The summed E-state index contributed by atoms with van der Waals surface area (Å²) in [6.07, 6.45) is 2.27. The molecule has 1 N–H and O–H groups in total. The zero-order valence-electron chi connectivity index (χ0n) is 14.0. The molecule has 0 saturated carbocycles. The molecule has 0 atom stereocenters. The minimum atomic E-state index is -4.51. The fourth-order valence-corrected chi connectivity index (χ4v) is 2.44. The first-order chi connectivity index (χ1) is 11.7. The van der Waals surface area contributed by atoms with Gasteiger partial charge >= 0.3 is 6.18 Å². The van der Waals surface area contributed by atoms with Gasteiger partial charge in [-0.1, -0.05) is 0 Å². The van der Waals surface area contributed by atoms with Gasteiger partial charge in [0, 0.05) is 51.2 Å². The van der Waals surface area contributed by atoms with E-state index in [1.807, 2.05) is 0 Å². The lowest BCUT2D eigenvalue weighted by Gasteiger charge is -2.20. The van der Waals surface area contributed by atoms with Gasteiger partial charge < -0.3 is 10.2 Å². The Morgan fingerprint density at radius 2 is 2.00 bits per heavy atom. The highest BCUT2D eigenvalue weighted by Gasteiger charge is 2.39. The smallest absolute Gasteiger partial charge is 0.377 e. The van der Waals surface area contributed by atoms with E-state index in [2.05, 4.69) is 21.5 Å². The Kier molecular flexibility index (Phi) is 5.36. The number of nitrogens with zero attached hydrogens (tertiary/aromatic N) is 3. The normalized spacial score (nSPS) is 14.7. The van der Waals surface area contributed by atoms with Crippen LogP contribution >= 0.6 is 0 Å². The van der Waals surface area contributed by atoms with Crippen molar-refractivity contribution in [3.8, 4) is 12.3 Å². The van der Waals surface area contributed by atoms with Gasteiger partial charge in [-0.3, -0.25) is 4.79 Å². The maximum atomic E-state index is 13.2. The second-order valence-corrected chi connectivity index (χ2v) is 6.06. The van der Waals surface area contributed by atoms with E-state index in [1.54, 1.807) is 0 Å². The third-order valence-corrected chi connectivity index (χ3v) is 3.87. The van der Waals surface area contributed by atoms with E-state index in [4.69, 9.17) is 6.42 Å². The zero-order valence-corrected chi connectivity index (χ0v) is 14.0. The molecule has 0 unspecified atom stereocenters. The summed E-state index contributed by atoms with van der Waals surface area (Å²) in [6, 6.07) is 3.72. The van der Waals surface area contributed by atoms with Gasteiger partial charge in [-0.2, -0.15) is 23.4 Å². The first kappa shape index (κ1) is 18.8. The first-order valence-electron chi connectivity index (χ1n) is 7.73. The molecule has 1 heterocycles. The van der Waals surface area contributed by atoms with E-state index < -0.39 is 17.4 Å². The Balaban J connectivity index is 2.00. The van der Waals surface area contributed by atoms with Crippen molar-refractivity contribution in [2.45, 2.75) is 37.5 Å². The highest BCUT2D eigenvalue weighted by atomic mass is 19.4. The van der Waals surface area contributed by atoms with E-state index in [0.717, 1.165) is 6.07 Å². The van der Waals surface area contributed by atoms with Crippen LogP contribution in [0.4, 0.5) is 24.5 Å². The molecule has 0 radical (unpaired) electrons. The molecule has 0 aromatic heterocycles. The van der Waals surface area contributed by atoms with Crippen molar-refractivity contribution in [1.82, 2.24) is 0 Å². The van der Waals surface area contributed by atoms with Gasteiger partial charge in [-0.25, -0.2) is 0 Å². The van der Waals surface area contributed by atoms with Gasteiger partial charge in [-0.15, -0.1) is 12.3 Å². The SMILES string of the molecule is C#CCCC1(CCC(=O)Nc2ccc(N(C)C)c(C(F)(F)F)c2)N=N1. The Morgan fingerprint density at radius 3 is 2.52 bits per heavy atom. The van der Waals surface area contributed by atoms with Gasteiger partial charge in [-0.05, 0) is 18.2 Å². The molecule has 8 heteroatoms. The molecule has 0 fully saturated rings. The predicted molar refractivity (Wildman–Crippen MR) is 89.3 cm³/mol. The number of alkyl halides is 3. The van der Waals surface area contributed by atoms with Gasteiger partial charge in [0.05, 0.1) is 5.56 Å². The first-order valence-corrected chi connectivity index (χ1v) is 7.73. The standard InChI is InChI=1S/C17H19F3N4O/c1-4-5-9-16(22-23-16)10-8-15(25)21-12-6-7-14(24(2)3)13(11-12)17(18,19)20/h1,6-7,11H,5,8-10H2,2-3H3,(H,21,25). The summed E-state index contributed by atoms with van der Waals surface area (Å²) < 4.78 is 39.5. The molecular formula is C17H19F3N4O. The Bertz CT molecular complexity index is 714. The van der Waals surface area contributed by atoms with Crippen LogP contribution in [0.25, 0.3) is 0 Å². The fourth-order valence-electron chi connectivity index (χ4n) is 2.44. The molecule has 2 rings (SSSR count). The predicted octanol–water partition coefficient (Wildman–Crippen LogP) is 4.07. The van der Waals surface area contributed by atoms with Crippen LogP contribution in [0.2, 0.25) is 0 Å². The number of amides is 1. The number of benzene rings is 1. The molecule has 1 amide bonds. The Hall–Kier alpha value is -2.56. The summed E-state index contributed by atoms with van der Waals surface area (Å²) in [5.41, 5.74) is -1.25. The Morgan fingerprint density at radius 1 is 1.32 bits per heavy atom. The van der Waals surface area contributed by atoms with Crippen molar-refractivity contribution in [3.63, 3.8) is 0 Å². The average Bonchev–Trinajstić information content (AvgIpc) is 3.30. The van der Waals surface area contributed by atoms with Crippen LogP contribution < -0.4 is 10.2 Å². The van der Waals surface area contributed by atoms with Crippen LogP contribution in [-0.2, 0) is 11.0 Å². The number of halogens is 3. The molecule has 1 aliphatic heterocycles. The molecule has 1 aromatic carbocycles. The van der Waals surface area contributed by atoms with Gasteiger partial charge in [0.25, 0.3) is 0 Å². The summed E-state index contributed by atoms with van der Waals surface area (Å²) in [7, 11) is 3.06. The van der Waals surface area contributed by atoms with Crippen molar-refractivity contribution >= 4 is 17.3 Å². The Labute approximate surface area is 144 Å². The second kappa shape index (κ2) is 7.13.